The molecule has 0 aromatic rings. The molecule has 0 aliphatic heterocycles. The predicted octanol–water partition coefficient (Wildman–Crippen LogP) is -1.31. The number of hydrogen-bond donors (Lipinski definition) is 3. The molecule has 0 radical (unpaired) electrons. The Hall–Kier alpha value is -0.860. The molecular weight excluding hydrogens is 210 g/mol. The second-order valence-corrected chi connectivity index (χ2v) is 4.47. The zero-order valence-corrected chi connectivity index (χ0v) is 8.75. The lowest BCUT2D eigenvalue weighted by atomic mass is 10.4. The number of ether oxygens (including phenoxy) is 1. The highest BCUT2D eigenvalue weighted by molar-refractivity contribution is 7.89. The molecule has 0 aliphatic carbocycles. The summed E-state index contributed by atoms with van der Waals surface area (Å²) in [6.45, 7) is 0.251. The van der Waals surface area contributed by atoms with Gasteiger partial charge in [0.25, 0.3) is 0 Å². The average molecular weight is 225 g/mol. The van der Waals surface area contributed by atoms with Crippen LogP contribution in [0.25, 0.3) is 0 Å². The van der Waals surface area contributed by atoms with Crippen molar-refractivity contribution in [1.29, 1.82) is 0 Å². The zero-order chi connectivity index (χ0) is 11.0. The lowest BCUT2D eigenvalue weighted by molar-refractivity contribution is 0.217. The van der Waals surface area contributed by atoms with Gasteiger partial charge in [-0.3, -0.25) is 0 Å². The van der Waals surface area contributed by atoms with E-state index in [1.165, 1.54) is 7.11 Å². The average Bonchev–Trinajstić information content (AvgIpc) is 2.14. The van der Waals surface area contributed by atoms with Gasteiger partial charge in [-0.15, -0.1) is 0 Å². The summed E-state index contributed by atoms with van der Waals surface area (Å²) in [5.41, 5.74) is 5.14. The Morgan fingerprint density at radius 2 is 2.29 bits per heavy atom. The van der Waals surface area contributed by atoms with Gasteiger partial charge in [-0.1, -0.05) is 5.16 Å². The van der Waals surface area contributed by atoms with Crippen molar-refractivity contribution in [1.82, 2.24) is 4.72 Å². The molecule has 8 heteroatoms. The number of oxime groups is 1. The zero-order valence-electron chi connectivity index (χ0n) is 7.93. The molecule has 0 aromatic heterocycles. The van der Waals surface area contributed by atoms with Crippen LogP contribution in [-0.4, -0.2) is 45.5 Å². The highest BCUT2D eigenvalue weighted by Gasteiger charge is 2.08. The van der Waals surface area contributed by atoms with E-state index < -0.39 is 10.0 Å². The maximum Gasteiger partial charge on any atom is 0.213 e. The molecule has 0 heterocycles. The van der Waals surface area contributed by atoms with Crippen molar-refractivity contribution < 1.29 is 18.4 Å². The van der Waals surface area contributed by atoms with Gasteiger partial charge < -0.3 is 15.7 Å². The van der Waals surface area contributed by atoms with Gasteiger partial charge in [-0.2, -0.15) is 0 Å². The Morgan fingerprint density at radius 1 is 1.64 bits per heavy atom. The van der Waals surface area contributed by atoms with Crippen molar-refractivity contribution in [3.8, 4) is 0 Å². The van der Waals surface area contributed by atoms with Crippen LogP contribution in [0, 0.1) is 0 Å². The summed E-state index contributed by atoms with van der Waals surface area (Å²) in [5, 5.41) is 10.9. The van der Waals surface area contributed by atoms with E-state index >= 15 is 0 Å². The largest absolute Gasteiger partial charge is 0.409 e. The molecule has 0 saturated carbocycles. The molecule has 0 atom stereocenters. The number of hydrogen-bond acceptors (Lipinski definition) is 5. The van der Waals surface area contributed by atoms with Crippen LogP contribution in [0.1, 0.15) is 6.42 Å². The molecule has 0 rings (SSSR count). The fraction of sp³-hybridized carbons (Fsp3) is 0.833. The van der Waals surface area contributed by atoms with Crippen molar-refractivity contribution in [2.45, 2.75) is 6.42 Å². The SMILES string of the molecule is COCCS(=O)(=O)NCCC(N)=NO. The minimum Gasteiger partial charge on any atom is -0.409 e. The Morgan fingerprint density at radius 3 is 2.79 bits per heavy atom. The minimum atomic E-state index is -3.31. The van der Waals surface area contributed by atoms with E-state index in [0.717, 1.165) is 0 Å². The third-order valence-electron chi connectivity index (χ3n) is 1.39. The summed E-state index contributed by atoms with van der Waals surface area (Å²) >= 11 is 0. The monoisotopic (exact) mass is 225 g/mol. The molecule has 0 aromatic carbocycles. The van der Waals surface area contributed by atoms with Gasteiger partial charge in [0, 0.05) is 20.1 Å². The molecule has 0 spiro atoms. The van der Waals surface area contributed by atoms with Crippen molar-refractivity contribution in [2.75, 3.05) is 26.0 Å². The minimum absolute atomic E-state index is 0.0144. The first-order valence-corrected chi connectivity index (χ1v) is 5.59. The van der Waals surface area contributed by atoms with E-state index in [0.29, 0.717) is 0 Å². The first kappa shape index (κ1) is 13.1. The molecule has 0 bridgehead atoms. The van der Waals surface area contributed by atoms with Crippen LogP contribution < -0.4 is 10.5 Å². The summed E-state index contributed by atoms with van der Waals surface area (Å²) in [5.74, 6) is -0.112. The summed E-state index contributed by atoms with van der Waals surface area (Å²) in [6.07, 6.45) is 0.169. The van der Waals surface area contributed by atoms with E-state index in [1.807, 2.05) is 0 Å². The van der Waals surface area contributed by atoms with Gasteiger partial charge in [0.15, 0.2) is 0 Å². The van der Waals surface area contributed by atoms with Crippen molar-refractivity contribution in [2.24, 2.45) is 10.9 Å². The number of nitrogens with one attached hydrogen (secondary N) is 1. The van der Waals surface area contributed by atoms with Gasteiger partial charge in [0.1, 0.15) is 5.84 Å². The van der Waals surface area contributed by atoms with Gasteiger partial charge in [0.05, 0.1) is 12.4 Å². The van der Waals surface area contributed by atoms with Crippen molar-refractivity contribution in [3.05, 3.63) is 0 Å². The number of nitrogens with zero attached hydrogens (tertiary/aromatic N) is 1. The lowest BCUT2D eigenvalue weighted by Crippen LogP contribution is -2.31. The van der Waals surface area contributed by atoms with Gasteiger partial charge in [-0.25, -0.2) is 13.1 Å². The van der Waals surface area contributed by atoms with Crippen LogP contribution >= 0.6 is 0 Å². The van der Waals surface area contributed by atoms with Crippen LogP contribution in [-0.2, 0) is 14.8 Å². The third-order valence-corrected chi connectivity index (χ3v) is 2.74. The van der Waals surface area contributed by atoms with E-state index in [-0.39, 0.29) is 31.2 Å². The molecule has 7 nitrogen and oxygen atoms in total. The Kier molecular flexibility index (Phi) is 6.17. The van der Waals surface area contributed by atoms with Crippen LogP contribution in [0.3, 0.4) is 0 Å². The number of rotatable bonds is 7. The molecule has 14 heavy (non-hydrogen) atoms. The Bertz CT molecular complexity index is 275. The second kappa shape index (κ2) is 6.57. The number of sulfonamides is 1. The Labute approximate surface area is 83.0 Å². The molecular formula is C6H15N3O4S. The number of methoxy groups -OCH3 is 1. The topological polar surface area (TPSA) is 114 Å². The van der Waals surface area contributed by atoms with Crippen molar-refractivity contribution in [3.63, 3.8) is 0 Å². The molecule has 84 valence electrons. The van der Waals surface area contributed by atoms with Gasteiger partial charge in [0.2, 0.25) is 10.0 Å². The van der Waals surface area contributed by atoms with E-state index in [9.17, 15) is 8.42 Å². The molecule has 0 fully saturated rings. The van der Waals surface area contributed by atoms with Gasteiger partial charge in [-0.05, 0) is 0 Å². The van der Waals surface area contributed by atoms with Crippen LogP contribution in [0.2, 0.25) is 0 Å². The van der Waals surface area contributed by atoms with Crippen molar-refractivity contribution >= 4 is 15.9 Å². The van der Waals surface area contributed by atoms with E-state index in [4.69, 9.17) is 10.9 Å². The summed E-state index contributed by atoms with van der Waals surface area (Å²) in [6, 6.07) is 0. The van der Waals surface area contributed by atoms with Crippen LogP contribution in [0.4, 0.5) is 0 Å². The van der Waals surface area contributed by atoms with Crippen LogP contribution in [0.15, 0.2) is 5.16 Å². The van der Waals surface area contributed by atoms with Crippen LogP contribution in [0.5, 0.6) is 0 Å². The summed E-state index contributed by atoms with van der Waals surface area (Å²) in [7, 11) is -1.89. The standard InChI is InChI=1S/C6H15N3O4S/c1-13-4-5-14(11,12)8-3-2-6(7)9-10/h8,10H,2-5H2,1H3,(H2,7,9). The fourth-order valence-electron chi connectivity index (χ4n) is 0.650. The number of amidine groups is 1. The maximum absolute atomic E-state index is 11.1. The summed E-state index contributed by atoms with van der Waals surface area (Å²) < 4.78 is 29.1. The predicted molar refractivity (Wildman–Crippen MR) is 51.7 cm³/mol. The Balaban J connectivity index is 3.77. The molecule has 0 amide bonds. The fourth-order valence-corrected chi connectivity index (χ4v) is 1.59. The summed E-state index contributed by atoms with van der Waals surface area (Å²) in [4.78, 5) is 0. The first-order valence-electron chi connectivity index (χ1n) is 3.94. The highest BCUT2D eigenvalue weighted by atomic mass is 32.2. The lowest BCUT2D eigenvalue weighted by Gasteiger charge is -2.04. The number of nitrogens with two attached hydrogens (primary N) is 1. The molecule has 0 saturated heterocycles. The second-order valence-electron chi connectivity index (χ2n) is 2.55. The van der Waals surface area contributed by atoms with E-state index in [2.05, 4.69) is 14.6 Å². The molecule has 0 unspecified atom stereocenters. The molecule has 0 aliphatic rings. The maximum atomic E-state index is 11.1. The normalized spacial score (nSPS) is 13.1. The van der Waals surface area contributed by atoms with E-state index in [1.54, 1.807) is 0 Å². The molecule has 4 N–H and O–H groups in total. The van der Waals surface area contributed by atoms with Gasteiger partial charge >= 0.3 is 0 Å². The third kappa shape index (κ3) is 6.63. The first-order chi connectivity index (χ1) is 6.52. The quantitative estimate of drug-likeness (QED) is 0.215. The smallest absolute Gasteiger partial charge is 0.213 e. The highest BCUT2D eigenvalue weighted by Crippen LogP contribution is 1.86.